The van der Waals surface area contributed by atoms with E-state index in [0.29, 0.717) is 35.5 Å². The second-order valence-electron chi connectivity index (χ2n) is 8.15. The molecule has 0 saturated carbocycles. The second kappa shape index (κ2) is 13.7. The maximum atomic E-state index is 14.1. The minimum absolute atomic E-state index is 0. The number of methoxy groups -OCH3 is 1. The quantitative estimate of drug-likeness (QED) is 0.255. The van der Waals surface area contributed by atoms with Crippen molar-refractivity contribution in [3.8, 4) is 0 Å². The molecule has 0 aromatic heterocycles. The molecular formula is C27H41O6P. The van der Waals surface area contributed by atoms with Crippen molar-refractivity contribution in [2.45, 2.75) is 56.4 Å². The number of carbonyl (C=O) groups is 2. The highest BCUT2D eigenvalue weighted by molar-refractivity contribution is 7.91. The van der Waals surface area contributed by atoms with E-state index >= 15 is 0 Å². The van der Waals surface area contributed by atoms with Crippen LogP contribution in [0.3, 0.4) is 0 Å². The van der Waals surface area contributed by atoms with Gasteiger partial charge in [-0.15, -0.1) is 0 Å². The fourth-order valence-electron chi connectivity index (χ4n) is 4.01. The molecule has 2 rings (SSSR count). The van der Waals surface area contributed by atoms with Gasteiger partial charge in [0, 0.05) is 18.2 Å². The molecule has 190 valence electrons. The van der Waals surface area contributed by atoms with Gasteiger partial charge in [-0.1, -0.05) is 50.2 Å². The van der Waals surface area contributed by atoms with Crippen molar-refractivity contribution in [1.82, 2.24) is 0 Å². The monoisotopic (exact) mass is 492 g/mol. The van der Waals surface area contributed by atoms with Gasteiger partial charge in [0.25, 0.3) is 11.0 Å². The SMILES string of the molecule is C.C.COCCOCCOP(=O)(C(=O)c1c(C)cc(C)cc1C)C(=O)c1c(C)cc(C)cc1C. The number of hydrogen-bond donors (Lipinski definition) is 0. The Labute approximate surface area is 205 Å². The maximum absolute atomic E-state index is 14.1. The van der Waals surface area contributed by atoms with Crippen molar-refractivity contribution < 1.29 is 28.2 Å². The van der Waals surface area contributed by atoms with E-state index in [1.807, 2.05) is 38.1 Å². The summed E-state index contributed by atoms with van der Waals surface area (Å²) in [6.45, 7) is 11.6. The van der Waals surface area contributed by atoms with Gasteiger partial charge in [0.05, 0.1) is 26.4 Å². The van der Waals surface area contributed by atoms with Gasteiger partial charge in [0.15, 0.2) is 0 Å². The molecule has 0 aliphatic carbocycles. The van der Waals surface area contributed by atoms with E-state index in [4.69, 9.17) is 14.0 Å². The Morgan fingerprint density at radius 1 is 0.676 bits per heavy atom. The van der Waals surface area contributed by atoms with Gasteiger partial charge in [0.2, 0.25) is 0 Å². The van der Waals surface area contributed by atoms with E-state index in [0.717, 1.165) is 11.1 Å². The first-order chi connectivity index (χ1) is 15.0. The molecule has 0 amide bonds. The standard InChI is InChI=1S/C25H33O6P.2CH4/c1-16-12-18(3)22(19(4)13-16)24(26)32(28,31-11-10-30-9-8-29-7)25(27)23-20(5)14-17(2)15-21(23)6;;/h12-15H,8-11H2,1-7H3;2*1H4. The lowest BCUT2D eigenvalue weighted by atomic mass is 10.0. The lowest BCUT2D eigenvalue weighted by Crippen LogP contribution is -2.19. The highest BCUT2D eigenvalue weighted by Gasteiger charge is 2.44. The Bertz CT molecular complexity index is 938. The van der Waals surface area contributed by atoms with Crippen LogP contribution in [0.2, 0.25) is 0 Å². The van der Waals surface area contributed by atoms with Gasteiger partial charge in [0.1, 0.15) is 0 Å². The zero-order valence-electron chi connectivity index (χ0n) is 20.0. The Morgan fingerprint density at radius 3 is 1.38 bits per heavy atom. The molecule has 0 spiro atoms. The molecule has 6 nitrogen and oxygen atoms in total. The summed E-state index contributed by atoms with van der Waals surface area (Å²) in [6.07, 6.45) is 0. The largest absolute Gasteiger partial charge is 0.382 e. The first-order valence-corrected chi connectivity index (χ1v) is 12.2. The molecule has 2 aromatic carbocycles. The predicted molar refractivity (Wildman–Crippen MR) is 140 cm³/mol. The van der Waals surface area contributed by atoms with Crippen LogP contribution in [-0.4, -0.2) is 44.6 Å². The zero-order valence-corrected chi connectivity index (χ0v) is 20.9. The molecule has 0 fully saturated rings. The van der Waals surface area contributed by atoms with E-state index in [9.17, 15) is 14.2 Å². The predicted octanol–water partition coefficient (Wildman–Crippen LogP) is 6.75. The van der Waals surface area contributed by atoms with Gasteiger partial charge in [-0.2, -0.15) is 0 Å². The average Bonchev–Trinajstić information content (AvgIpc) is 2.68. The smallest absolute Gasteiger partial charge is 0.340 e. The molecule has 0 aliphatic rings. The normalized spacial score (nSPS) is 10.9. The summed E-state index contributed by atoms with van der Waals surface area (Å²) in [5.41, 5.74) is 3.63. The van der Waals surface area contributed by atoms with Gasteiger partial charge in [-0.05, 0) is 63.8 Å². The molecule has 0 N–H and O–H groups in total. The van der Waals surface area contributed by atoms with Gasteiger partial charge >= 0.3 is 7.37 Å². The molecule has 0 atom stereocenters. The molecule has 2 aromatic rings. The third kappa shape index (κ3) is 7.19. The van der Waals surface area contributed by atoms with Gasteiger partial charge in [-0.25, -0.2) is 0 Å². The Hall–Kier alpha value is -2.11. The fourth-order valence-corrected chi connectivity index (χ4v) is 6.05. The van der Waals surface area contributed by atoms with E-state index in [-0.39, 0.29) is 39.2 Å². The van der Waals surface area contributed by atoms with Crippen molar-refractivity contribution in [3.05, 3.63) is 68.8 Å². The van der Waals surface area contributed by atoms with Crippen LogP contribution in [0.1, 0.15) is 68.9 Å². The van der Waals surface area contributed by atoms with Crippen molar-refractivity contribution in [2.24, 2.45) is 0 Å². The fraction of sp³-hybridized carbons (Fsp3) is 0.481. The van der Waals surface area contributed by atoms with Crippen molar-refractivity contribution >= 4 is 18.4 Å². The molecule has 0 aliphatic heterocycles. The van der Waals surface area contributed by atoms with Gasteiger partial charge in [-0.3, -0.25) is 14.2 Å². The first-order valence-electron chi connectivity index (χ1n) is 10.6. The van der Waals surface area contributed by atoms with Crippen molar-refractivity contribution in [3.63, 3.8) is 0 Å². The molecule has 0 saturated heterocycles. The summed E-state index contributed by atoms with van der Waals surface area (Å²) in [4.78, 5) is 27.2. The number of aryl methyl sites for hydroxylation is 6. The summed E-state index contributed by atoms with van der Waals surface area (Å²) in [5.74, 6) is 0. The number of ether oxygens (including phenoxy) is 2. The van der Waals surface area contributed by atoms with E-state index in [1.54, 1.807) is 34.8 Å². The van der Waals surface area contributed by atoms with Crippen molar-refractivity contribution in [1.29, 1.82) is 0 Å². The molecule has 7 heteroatoms. The Kier molecular flexibility index (Phi) is 12.8. The number of benzene rings is 2. The lowest BCUT2D eigenvalue weighted by molar-refractivity contribution is 0.0540. The van der Waals surface area contributed by atoms with E-state index in [1.165, 1.54) is 0 Å². The van der Waals surface area contributed by atoms with Crippen molar-refractivity contribution in [2.75, 3.05) is 33.5 Å². The van der Waals surface area contributed by atoms with Crippen LogP contribution in [0.4, 0.5) is 0 Å². The molecule has 0 bridgehead atoms. The van der Waals surface area contributed by atoms with Crippen LogP contribution in [0.25, 0.3) is 0 Å². The molecular weight excluding hydrogens is 451 g/mol. The zero-order chi connectivity index (χ0) is 24.1. The number of carbonyl (C=O) groups excluding carboxylic acids is 2. The molecule has 0 heterocycles. The van der Waals surface area contributed by atoms with Crippen LogP contribution in [0.5, 0.6) is 0 Å². The number of hydrogen-bond acceptors (Lipinski definition) is 6. The first kappa shape index (κ1) is 31.9. The van der Waals surface area contributed by atoms with Crippen LogP contribution < -0.4 is 0 Å². The topological polar surface area (TPSA) is 78.9 Å². The van der Waals surface area contributed by atoms with E-state index < -0.39 is 18.4 Å². The minimum Gasteiger partial charge on any atom is -0.382 e. The Morgan fingerprint density at radius 2 is 1.03 bits per heavy atom. The van der Waals surface area contributed by atoms with Crippen LogP contribution in [-0.2, 0) is 18.6 Å². The third-order valence-electron chi connectivity index (χ3n) is 5.25. The molecule has 0 unspecified atom stereocenters. The summed E-state index contributed by atoms with van der Waals surface area (Å²) >= 11 is 0. The Balaban J connectivity index is 0.00000544. The average molecular weight is 493 g/mol. The highest BCUT2D eigenvalue weighted by Crippen LogP contribution is 2.54. The summed E-state index contributed by atoms with van der Waals surface area (Å²) in [5, 5.41) is 0. The summed E-state index contributed by atoms with van der Waals surface area (Å²) in [6, 6.07) is 7.35. The minimum atomic E-state index is -4.43. The maximum Gasteiger partial charge on any atom is 0.340 e. The third-order valence-corrected chi connectivity index (χ3v) is 7.31. The lowest BCUT2D eigenvalue weighted by Gasteiger charge is -2.21. The van der Waals surface area contributed by atoms with Gasteiger partial charge < -0.3 is 14.0 Å². The van der Waals surface area contributed by atoms with E-state index in [2.05, 4.69) is 0 Å². The van der Waals surface area contributed by atoms with Crippen LogP contribution in [0, 0.1) is 41.5 Å². The number of rotatable bonds is 11. The highest BCUT2D eigenvalue weighted by atomic mass is 31.2. The van der Waals surface area contributed by atoms with Crippen LogP contribution in [0.15, 0.2) is 24.3 Å². The second-order valence-corrected chi connectivity index (χ2v) is 10.3. The molecule has 34 heavy (non-hydrogen) atoms. The summed E-state index contributed by atoms with van der Waals surface area (Å²) in [7, 11) is -2.87. The van der Waals surface area contributed by atoms with Crippen LogP contribution >= 0.6 is 7.37 Å². The molecule has 0 radical (unpaired) electrons. The summed E-state index contributed by atoms with van der Waals surface area (Å²) < 4.78 is 30.0.